The molecule has 2 amide bonds. The van der Waals surface area contributed by atoms with Crippen LogP contribution in [0.3, 0.4) is 0 Å². The highest BCUT2D eigenvalue weighted by molar-refractivity contribution is 6.00. The SMILES string of the molecule is COc1ccccc1NC(=O)[C@@H](C)OC(=O)CNC(=O)c1ccc2ccccc2c1. The van der Waals surface area contributed by atoms with Crippen molar-refractivity contribution in [3.63, 3.8) is 0 Å². The lowest BCUT2D eigenvalue weighted by atomic mass is 10.1. The van der Waals surface area contributed by atoms with Gasteiger partial charge in [-0.15, -0.1) is 0 Å². The average Bonchev–Trinajstić information content (AvgIpc) is 2.77. The molecule has 0 aliphatic heterocycles. The van der Waals surface area contributed by atoms with Crippen molar-refractivity contribution in [1.29, 1.82) is 0 Å². The monoisotopic (exact) mass is 406 g/mol. The first-order chi connectivity index (χ1) is 14.5. The lowest BCUT2D eigenvalue weighted by molar-refractivity contribution is -0.152. The molecule has 0 bridgehead atoms. The summed E-state index contributed by atoms with van der Waals surface area (Å²) in [5, 5.41) is 7.10. The Hall–Kier alpha value is -3.87. The smallest absolute Gasteiger partial charge is 0.326 e. The van der Waals surface area contributed by atoms with Crippen LogP contribution in [-0.4, -0.2) is 37.5 Å². The molecule has 3 rings (SSSR count). The van der Waals surface area contributed by atoms with Gasteiger partial charge in [0.1, 0.15) is 12.3 Å². The molecule has 0 spiro atoms. The molecule has 2 N–H and O–H groups in total. The van der Waals surface area contributed by atoms with Gasteiger partial charge in [0.25, 0.3) is 11.8 Å². The highest BCUT2D eigenvalue weighted by Crippen LogP contribution is 2.23. The van der Waals surface area contributed by atoms with E-state index in [-0.39, 0.29) is 6.54 Å². The molecule has 30 heavy (non-hydrogen) atoms. The van der Waals surface area contributed by atoms with Crippen LogP contribution in [0.1, 0.15) is 17.3 Å². The second-order valence-corrected chi connectivity index (χ2v) is 6.57. The van der Waals surface area contributed by atoms with Gasteiger partial charge < -0.3 is 20.1 Å². The number of amides is 2. The molecule has 3 aromatic carbocycles. The largest absolute Gasteiger partial charge is 0.495 e. The topological polar surface area (TPSA) is 93.7 Å². The van der Waals surface area contributed by atoms with E-state index in [1.807, 2.05) is 30.3 Å². The maximum atomic E-state index is 12.3. The number of benzene rings is 3. The van der Waals surface area contributed by atoms with E-state index in [0.29, 0.717) is 17.0 Å². The van der Waals surface area contributed by atoms with Crippen molar-refractivity contribution in [2.45, 2.75) is 13.0 Å². The normalized spacial score (nSPS) is 11.4. The molecule has 7 heteroatoms. The number of nitrogens with one attached hydrogen (secondary N) is 2. The lowest BCUT2D eigenvalue weighted by Crippen LogP contribution is -2.35. The molecule has 0 aliphatic carbocycles. The first-order valence-corrected chi connectivity index (χ1v) is 9.38. The Bertz CT molecular complexity index is 1080. The van der Waals surface area contributed by atoms with Crippen molar-refractivity contribution in [2.24, 2.45) is 0 Å². The van der Waals surface area contributed by atoms with Crippen LogP contribution in [0, 0.1) is 0 Å². The lowest BCUT2D eigenvalue weighted by Gasteiger charge is -2.15. The number of hydrogen-bond donors (Lipinski definition) is 2. The molecule has 3 aromatic rings. The fraction of sp³-hybridized carbons (Fsp3) is 0.174. The molecule has 0 unspecified atom stereocenters. The van der Waals surface area contributed by atoms with Gasteiger partial charge in [0.15, 0.2) is 6.10 Å². The highest BCUT2D eigenvalue weighted by atomic mass is 16.5. The number of ether oxygens (including phenoxy) is 2. The zero-order valence-corrected chi connectivity index (χ0v) is 16.7. The van der Waals surface area contributed by atoms with E-state index in [1.165, 1.54) is 14.0 Å². The van der Waals surface area contributed by atoms with Gasteiger partial charge in [0, 0.05) is 5.56 Å². The van der Waals surface area contributed by atoms with E-state index in [1.54, 1.807) is 36.4 Å². The minimum absolute atomic E-state index is 0.349. The number of esters is 1. The minimum atomic E-state index is -1.04. The molecular weight excluding hydrogens is 384 g/mol. The van der Waals surface area contributed by atoms with Crippen molar-refractivity contribution >= 4 is 34.2 Å². The van der Waals surface area contributed by atoms with Crippen LogP contribution in [0.4, 0.5) is 5.69 Å². The van der Waals surface area contributed by atoms with Crippen LogP contribution in [0.15, 0.2) is 66.7 Å². The van der Waals surface area contributed by atoms with Gasteiger partial charge >= 0.3 is 5.97 Å². The summed E-state index contributed by atoms with van der Waals surface area (Å²) in [5.41, 5.74) is 0.904. The van der Waals surface area contributed by atoms with Crippen LogP contribution in [-0.2, 0) is 14.3 Å². The Morgan fingerprint density at radius 1 is 0.933 bits per heavy atom. The molecule has 0 saturated heterocycles. The third-order valence-corrected chi connectivity index (χ3v) is 4.45. The molecule has 0 aromatic heterocycles. The van der Waals surface area contributed by atoms with Gasteiger partial charge in [0.05, 0.1) is 12.8 Å². The molecular formula is C23H22N2O5. The van der Waals surface area contributed by atoms with Crippen molar-refractivity contribution in [1.82, 2.24) is 5.32 Å². The molecule has 7 nitrogen and oxygen atoms in total. The number of methoxy groups -OCH3 is 1. The molecule has 1 atom stereocenters. The third-order valence-electron chi connectivity index (χ3n) is 4.45. The molecule has 0 heterocycles. The second-order valence-electron chi connectivity index (χ2n) is 6.57. The molecule has 0 radical (unpaired) electrons. The number of hydrogen-bond acceptors (Lipinski definition) is 5. The van der Waals surface area contributed by atoms with E-state index < -0.39 is 23.9 Å². The Kier molecular flexibility index (Phi) is 6.64. The van der Waals surface area contributed by atoms with Gasteiger partial charge in [-0.25, -0.2) is 0 Å². The van der Waals surface area contributed by atoms with Gasteiger partial charge in [-0.05, 0) is 42.0 Å². The highest BCUT2D eigenvalue weighted by Gasteiger charge is 2.19. The summed E-state index contributed by atoms with van der Waals surface area (Å²) in [6.07, 6.45) is -1.04. The number of anilines is 1. The first-order valence-electron chi connectivity index (χ1n) is 9.38. The van der Waals surface area contributed by atoms with Crippen molar-refractivity contribution in [3.05, 3.63) is 72.3 Å². The maximum absolute atomic E-state index is 12.3. The zero-order valence-electron chi connectivity index (χ0n) is 16.7. The van der Waals surface area contributed by atoms with Crippen LogP contribution >= 0.6 is 0 Å². The fourth-order valence-corrected chi connectivity index (χ4v) is 2.86. The first kappa shape index (κ1) is 20.9. The summed E-state index contributed by atoms with van der Waals surface area (Å²) in [4.78, 5) is 36.6. The maximum Gasteiger partial charge on any atom is 0.326 e. The Balaban J connectivity index is 1.51. The molecule has 0 fully saturated rings. The average molecular weight is 406 g/mol. The molecule has 154 valence electrons. The number of fused-ring (bicyclic) bond motifs is 1. The zero-order chi connectivity index (χ0) is 21.5. The summed E-state index contributed by atoms with van der Waals surface area (Å²) in [6.45, 7) is 1.10. The Morgan fingerprint density at radius 3 is 2.40 bits per heavy atom. The van der Waals surface area contributed by atoms with Crippen LogP contribution in [0.2, 0.25) is 0 Å². The van der Waals surface area contributed by atoms with Crippen LogP contribution in [0.5, 0.6) is 5.75 Å². The van der Waals surface area contributed by atoms with E-state index in [4.69, 9.17) is 9.47 Å². The summed E-state index contributed by atoms with van der Waals surface area (Å²) in [6, 6.07) is 19.8. The quantitative estimate of drug-likeness (QED) is 0.588. The number of carbonyl (C=O) groups excluding carboxylic acids is 3. The number of para-hydroxylation sites is 2. The van der Waals surface area contributed by atoms with Crippen molar-refractivity contribution in [2.75, 3.05) is 19.0 Å². The van der Waals surface area contributed by atoms with Gasteiger partial charge in [-0.3, -0.25) is 14.4 Å². The molecule has 0 saturated carbocycles. The number of rotatable bonds is 7. The summed E-state index contributed by atoms with van der Waals surface area (Å²) >= 11 is 0. The van der Waals surface area contributed by atoms with Crippen molar-refractivity contribution < 1.29 is 23.9 Å². The van der Waals surface area contributed by atoms with Crippen molar-refractivity contribution in [3.8, 4) is 5.75 Å². The summed E-state index contributed by atoms with van der Waals surface area (Å²) in [7, 11) is 1.49. The van der Waals surface area contributed by atoms with Crippen LogP contribution in [0.25, 0.3) is 10.8 Å². The second kappa shape index (κ2) is 9.56. The Labute approximate surface area is 174 Å². The van der Waals surface area contributed by atoms with E-state index in [9.17, 15) is 14.4 Å². The van der Waals surface area contributed by atoms with Crippen LogP contribution < -0.4 is 15.4 Å². The summed E-state index contributed by atoms with van der Waals surface area (Å²) in [5.74, 6) is -1.13. The summed E-state index contributed by atoms with van der Waals surface area (Å²) < 4.78 is 10.3. The third kappa shape index (κ3) is 5.14. The predicted octanol–water partition coefficient (Wildman–Crippen LogP) is 3.15. The standard InChI is InChI=1S/C23H22N2O5/c1-15(22(27)25-19-9-5-6-10-20(19)29-2)30-21(26)14-24-23(28)18-12-11-16-7-3-4-8-17(16)13-18/h3-13,15H,14H2,1-2H3,(H,24,28)(H,25,27)/t15-/m1/s1. The van der Waals surface area contributed by atoms with E-state index in [2.05, 4.69) is 10.6 Å². The number of carbonyl (C=O) groups is 3. The van der Waals surface area contributed by atoms with Gasteiger partial charge in [-0.2, -0.15) is 0 Å². The van der Waals surface area contributed by atoms with E-state index in [0.717, 1.165) is 10.8 Å². The fourth-order valence-electron chi connectivity index (χ4n) is 2.86. The van der Waals surface area contributed by atoms with E-state index >= 15 is 0 Å². The predicted molar refractivity (Wildman–Crippen MR) is 113 cm³/mol. The molecule has 0 aliphatic rings. The van der Waals surface area contributed by atoms with Gasteiger partial charge in [0.2, 0.25) is 0 Å². The minimum Gasteiger partial charge on any atom is -0.495 e. The van der Waals surface area contributed by atoms with Gasteiger partial charge in [-0.1, -0.05) is 42.5 Å². The Morgan fingerprint density at radius 2 is 1.63 bits per heavy atom.